The van der Waals surface area contributed by atoms with Crippen molar-refractivity contribution in [3.8, 4) is 0 Å². The lowest BCUT2D eigenvalue weighted by molar-refractivity contribution is -0.117. The number of nitrogens with zero attached hydrogens (tertiary/aromatic N) is 1. The highest BCUT2D eigenvalue weighted by atomic mass is 16.3. The Labute approximate surface area is 134 Å². The molecule has 6 heteroatoms. The molecule has 0 aromatic carbocycles. The van der Waals surface area contributed by atoms with Gasteiger partial charge in [0.1, 0.15) is 17.3 Å². The summed E-state index contributed by atoms with van der Waals surface area (Å²) in [6.07, 6.45) is 4.81. The van der Waals surface area contributed by atoms with E-state index in [1.807, 2.05) is 26.0 Å². The molecular formula is C17H19N3O3. The molecule has 0 aliphatic rings. The molecule has 0 radical (unpaired) electrons. The van der Waals surface area contributed by atoms with Crippen LogP contribution >= 0.6 is 0 Å². The largest absolute Gasteiger partial charge is 0.462 e. The molecule has 0 saturated carbocycles. The Morgan fingerprint density at radius 2 is 2.04 bits per heavy atom. The maximum atomic E-state index is 11.7. The van der Waals surface area contributed by atoms with Crippen LogP contribution in [0.15, 0.2) is 41.0 Å². The topological polar surface area (TPSA) is 84.2 Å². The van der Waals surface area contributed by atoms with Gasteiger partial charge in [0.25, 0.3) is 0 Å². The maximum Gasteiger partial charge on any atom is 0.244 e. The number of pyridine rings is 1. The van der Waals surface area contributed by atoms with Gasteiger partial charge in [-0.1, -0.05) is 6.07 Å². The summed E-state index contributed by atoms with van der Waals surface area (Å²) in [5.74, 6) is 1.42. The van der Waals surface area contributed by atoms with Crippen molar-refractivity contribution in [2.75, 3.05) is 11.9 Å². The molecule has 0 aliphatic carbocycles. The number of aromatic nitrogens is 1. The average molecular weight is 313 g/mol. The van der Waals surface area contributed by atoms with Crippen molar-refractivity contribution in [1.29, 1.82) is 0 Å². The van der Waals surface area contributed by atoms with E-state index in [0.29, 0.717) is 11.6 Å². The molecule has 120 valence electrons. The zero-order chi connectivity index (χ0) is 16.7. The fourth-order valence-electron chi connectivity index (χ4n) is 1.81. The highest BCUT2D eigenvalue weighted by molar-refractivity contribution is 5.93. The normalized spacial score (nSPS) is 10.7. The van der Waals surface area contributed by atoms with Crippen LogP contribution in [0, 0.1) is 13.8 Å². The second kappa shape index (κ2) is 7.93. The van der Waals surface area contributed by atoms with E-state index >= 15 is 0 Å². The molecule has 2 heterocycles. The Bertz CT molecular complexity index is 702. The van der Waals surface area contributed by atoms with E-state index in [2.05, 4.69) is 15.6 Å². The molecule has 0 atom stereocenters. The van der Waals surface area contributed by atoms with Crippen LogP contribution in [0.5, 0.6) is 0 Å². The van der Waals surface area contributed by atoms with Crippen molar-refractivity contribution in [3.63, 3.8) is 0 Å². The molecule has 23 heavy (non-hydrogen) atoms. The fraction of sp³-hybridized carbons (Fsp3) is 0.235. The Kier molecular flexibility index (Phi) is 5.68. The molecule has 0 spiro atoms. The van der Waals surface area contributed by atoms with Crippen LogP contribution in [0.2, 0.25) is 0 Å². The molecule has 2 rings (SSSR count). The molecule has 0 aliphatic heterocycles. The molecule has 0 fully saturated rings. The van der Waals surface area contributed by atoms with Crippen LogP contribution in [0.1, 0.15) is 23.5 Å². The van der Waals surface area contributed by atoms with Gasteiger partial charge in [0, 0.05) is 25.2 Å². The molecule has 6 nitrogen and oxygen atoms in total. The first kappa shape index (κ1) is 16.5. The van der Waals surface area contributed by atoms with Gasteiger partial charge in [-0.2, -0.15) is 0 Å². The van der Waals surface area contributed by atoms with Crippen LogP contribution < -0.4 is 10.6 Å². The summed E-state index contributed by atoms with van der Waals surface area (Å²) >= 11 is 0. The number of carbonyl (C=O) groups is 2. The van der Waals surface area contributed by atoms with Gasteiger partial charge >= 0.3 is 0 Å². The Balaban J connectivity index is 1.69. The van der Waals surface area contributed by atoms with E-state index in [9.17, 15) is 9.59 Å². The molecule has 2 N–H and O–H groups in total. The van der Waals surface area contributed by atoms with Crippen molar-refractivity contribution >= 4 is 23.7 Å². The number of carbonyl (C=O) groups excluding carboxylic acids is 2. The number of rotatable bonds is 6. The van der Waals surface area contributed by atoms with E-state index < -0.39 is 0 Å². The first-order chi connectivity index (χ1) is 11.0. The van der Waals surface area contributed by atoms with Crippen LogP contribution in [0.25, 0.3) is 6.08 Å². The predicted octanol–water partition coefficient (Wildman–Crippen LogP) is 2.45. The summed E-state index contributed by atoms with van der Waals surface area (Å²) in [4.78, 5) is 27.4. The van der Waals surface area contributed by atoms with Crippen molar-refractivity contribution in [2.24, 2.45) is 0 Å². The lowest BCUT2D eigenvalue weighted by atomic mass is 10.3. The second-order valence-corrected chi connectivity index (χ2v) is 5.09. The monoisotopic (exact) mass is 313 g/mol. The Hall–Kier alpha value is -2.89. The summed E-state index contributed by atoms with van der Waals surface area (Å²) < 4.78 is 5.31. The number of hydrogen-bond donors (Lipinski definition) is 2. The van der Waals surface area contributed by atoms with Gasteiger partial charge in [-0.25, -0.2) is 4.98 Å². The number of amides is 2. The summed E-state index contributed by atoms with van der Waals surface area (Å²) in [6.45, 7) is 4.00. The van der Waals surface area contributed by atoms with Gasteiger partial charge in [0.15, 0.2) is 0 Å². The average Bonchev–Trinajstić information content (AvgIpc) is 2.93. The zero-order valence-electron chi connectivity index (χ0n) is 13.1. The summed E-state index contributed by atoms with van der Waals surface area (Å²) in [5, 5.41) is 5.31. The number of anilines is 1. The van der Waals surface area contributed by atoms with Crippen LogP contribution in [0.4, 0.5) is 5.82 Å². The van der Waals surface area contributed by atoms with Gasteiger partial charge in [-0.3, -0.25) is 9.59 Å². The quantitative estimate of drug-likeness (QED) is 0.802. The second-order valence-electron chi connectivity index (χ2n) is 5.09. The van der Waals surface area contributed by atoms with Crippen molar-refractivity contribution in [1.82, 2.24) is 10.3 Å². The molecule has 2 aromatic rings. The zero-order valence-corrected chi connectivity index (χ0v) is 13.1. The third kappa shape index (κ3) is 5.78. The Morgan fingerprint density at radius 1 is 1.22 bits per heavy atom. The number of aryl methyl sites for hydroxylation is 2. The van der Waals surface area contributed by atoms with Crippen molar-refractivity contribution in [3.05, 3.63) is 53.6 Å². The van der Waals surface area contributed by atoms with E-state index in [1.165, 1.54) is 6.08 Å². The van der Waals surface area contributed by atoms with E-state index in [1.54, 1.807) is 24.4 Å². The minimum Gasteiger partial charge on any atom is -0.462 e. The standard InChI is InChI=1S/C17H19N3O3/c1-12-3-7-15(19-11-12)20-17(22)9-10-18-16(21)8-6-14-5-4-13(2)23-14/h3-8,11H,9-10H2,1-2H3,(H,18,21)(H,19,20,22)/b8-6-. The van der Waals surface area contributed by atoms with Gasteiger partial charge < -0.3 is 15.1 Å². The molecule has 2 amide bonds. The maximum absolute atomic E-state index is 11.7. The van der Waals surface area contributed by atoms with Crippen LogP contribution in [0.3, 0.4) is 0 Å². The van der Waals surface area contributed by atoms with Crippen LogP contribution in [-0.4, -0.2) is 23.3 Å². The van der Waals surface area contributed by atoms with Gasteiger partial charge in [0.05, 0.1) is 0 Å². The Morgan fingerprint density at radius 3 is 2.70 bits per heavy atom. The predicted molar refractivity (Wildman–Crippen MR) is 87.7 cm³/mol. The first-order valence-corrected chi connectivity index (χ1v) is 7.28. The van der Waals surface area contributed by atoms with Crippen molar-refractivity contribution in [2.45, 2.75) is 20.3 Å². The molecule has 2 aromatic heterocycles. The minimum absolute atomic E-state index is 0.176. The van der Waals surface area contributed by atoms with Gasteiger partial charge in [0.2, 0.25) is 11.8 Å². The smallest absolute Gasteiger partial charge is 0.244 e. The highest BCUT2D eigenvalue weighted by Gasteiger charge is 2.04. The number of furan rings is 1. The molecular weight excluding hydrogens is 294 g/mol. The van der Waals surface area contributed by atoms with Crippen molar-refractivity contribution < 1.29 is 14.0 Å². The lowest BCUT2D eigenvalue weighted by Gasteiger charge is -2.05. The van der Waals surface area contributed by atoms with E-state index in [-0.39, 0.29) is 24.8 Å². The molecule has 0 unspecified atom stereocenters. The fourth-order valence-corrected chi connectivity index (χ4v) is 1.81. The number of nitrogens with one attached hydrogen (secondary N) is 2. The third-order valence-electron chi connectivity index (χ3n) is 2.99. The summed E-state index contributed by atoms with van der Waals surface area (Å²) in [6, 6.07) is 7.20. The van der Waals surface area contributed by atoms with Gasteiger partial charge in [-0.05, 0) is 43.7 Å². The van der Waals surface area contributed by atoms with Gasteiger partial charge in [-0.15, -0.1) is 0 Å². The molecule has 0 saturated heterocycles. The van der Waals surface area contributed by atoms with E-state index in [0.717, 1.165) is 11.3 Å². The number of hydrogen-bond acceptors (Lipinski definition) is 4. The molecule has 0 bridgehead atoms. The third-order valence-corrected chi connectivity index (χ3v) is 2.99. The summed E-state index contributed by atoms with van der Waals surface area (Å²) in [5.41, 5.74) is 1.02. The lowest BCUT2D eigenvalue weighted by Crippen LogP contribution is -2.26. The van der Waals surface area contributed by atoms with Crippen LogP contribution in [-0.2, 0) is 9.59 Å². The first-order valence-electron chi connectivity index (χ1n) is 7.28. The minimum atomic E-state index is -0.277. The van der Waals surface area contributed by atoms with E-state index in [4.69, 9.17) is 4.42 Å². The SMILES string of the molecule is Cc1ccc(NC(=O)CCNC(=O)/C=C\c2ccc(C)o2)nc1. The highest BCUT2D eigenvalue weighted by Crippen LogP contribution is 2.07. The summed E-state index contributed by atoms with van der Waals surface area (Å²) in [7, 11) is 0.